The van der Waals surface area contributed by atoms with Gasteiger partial charge in [-0.25, -0.2) is 14.6 Å². The molecule has 29 heavy (non-hydrogen) atoms. The lowest BCUT2D eigenvalue weighted by Gasteiger charge is -2.05. The molecule has 0 aliphatic carbocycles. The maximum absolute atomic E-state index is 12.3. The minimum atomic E-state index is -0.493. The van der Waals surface area contributed by atoms with Crippen molar-refractivity contribution in [2.45, 2.75) is 0 Å². The first-order valence-corrected chi connectivity index (χ1v) is 9.49. The summed E-state index contributed by atoms with van der Waals surface area (Å²) in [4.78, 5) is 39.9. The van der Waals surface area contributed by atoms with Crippen LogP contribution in [0.5, 0.6) is 0 Å². The van der Waals surface area contributed by atoms with E-state index in [0.29, 0.717) is 22.0 Å². The van der Waals surface area contributed by atoms with Crippen molar-refractivity contribution in [1.29, 1.82) is 0 Å². The van der Waals surface area contributed by atoms with Gasteiger partial charge in [0.05, 0.1) is 12.7 Å². The number of ether oxygens (including phenoxy) is 1. The number of nitrogens with one attached hydrogen (secondary N) is 3. The van der Waals surface area contributed by atoms with Crippen molar-refractivity contribution in [3.8, 4) is 0 Å². The van der Waals surface area contributed by atoms with Crippen LogP contribution in [0.2, 0.25) is 5.02 Å². The molecule has 0 aliphatic rings. The fourth-order valence-corrected chi connectivity index (χ4v) is 3.04. The first kappa shape index (κ1) is 20.3. The fraction of sp³-hybridized carbons (Fsp3) is 0.0526. The second-order valence-electron chi connectivity index (χ2n) is 5.65. The largest absolute Gasteiger partial charge is 0.465 e. The van der Waals surface area contributed by atoms with Crippen molar-refractivity contribution in [2.24, 2.45) is 0 Å². The molecule has 3 N–H and O–H groups in total. The van der Waals surface area contributed by atoms with Crippen molar-refractivity contribution in [1.82, 2.24) is 4.98 Å². The number of aromatic nitrogens is 1. The zero-order chi connectivity index (χ0) is 20.8. The molecule has 0 bridgehead atoms. The van der Waals surface area contributed by atoms with Gasteiger partial charge in [0, 0.05) is 21.8 Å². The molecule has 3 rings (SSSR count). The standard InChI is InChI=1S/C19H15ClN4O4S/c1-28-17(26)11-2-6-13(7-3-11)21-16(25)15-10-29-19(23-15)24-18(27)22-14-8-4-12(20)5-9-14/h2-10H,1H3,(H,21,25)(H2,22,23,24,27). The molecule has 0 fully saturated rings. The quantitative estimate of drug-likeness (QED) is 0.517. The van der Waals surface area contributed by atoms with Gasteiger partial charge in [0.1, 0.15) is 5.69 Å². The number of nitrogens with zero attached hydrogens (tertiary/aromatic N) is 1. The van der Waals surface area contributed by atoms with Crippen molar-refractivity contribution in [2.75, 3.05) is 23.1 Å². The maximum atomic E-state index is 12.3. The highest BCUT2D eigenvalue weighted by Crippen LogP contribution is 2.19. The Balaban J connectivity index is 1.57. The van der Waals surface area contributed by atoms with E-state index in [1.807, 2.05) is 0 Å². The number of urea groups is 1. The Labute approximate surface area is 174 Å². The summed E-state index contributed by atoms with van der Waals surface area (Å²) in [6.45, 7) is 0. The number of thiazole rings is 1. The molecule has 0 saturated carbocycles. The number of benzene rings is 2. The topological polar surface area (TPSA) is 109 Å². The number of halogens is 1. The maximum Gasteiger partial charge on any atom is 0.337 e. The van der Waals surface area contributed by atoms with Crippen LogP contribution in [0.25, 0.3) is 0 Å². The first-order valence-electron chi connectivity index (χ1n) is 8.23. The van der Waals surface area contributed by atoms with Gasteiger partial charge < -0.3 is 15.4 Å². The molecule has 0 atom stereocenters. The second-order valence-corrected chi connectivity index (χ2v) is 6.94. The van der Waals surface area contributed by atoms with Gasteiger partial charge in [0.25, 0.3) is 5.91 Å². The molecule has 148 valence electrons. The molecule has 1 heterocycles. The van der Waals surface area contributed by atoms with Crippen LogP contribution >= 0.6 is 22.9 Å². The van der Waals surface area contributed by atoms with E-state index in [0.717, 1.165) is 11.3 Å². The third-order valence-corrected chi connectivity index (χ3v) is 4.63. The van der Waals surface area contributed by atoms with Crippen LogP contribution in [0, 0.1) is 0 Å². The summed E-state index contributed by atoms with van der Waals surface area (Å²) >= 11 is 6.91. The van der Waals surface area contributed by atoms with Crippen LogP contribution in [-0.4, -0.2) is 30.0 Å². The Morgan fingerprint density at radius 1 is 0.931 bits per heavy atom. The Bertz CT molecular complexity index is 1040. The zero-order valence-corrected chi connectivity index (χ0v) is 16.6. The van der Waals surface area contributed by atoms with E-state index in [-0.39, 0.29) is 10.8 Å². The molecule has 0 saturated heterocycles. The van der Waals surface area contributed by atoms with E-state index in [4.69, 9.17) is 11.6 Å². The van der Waals surface area contributed by atoms with E-state index in [2.05, 4.69) is 25.7 Å². The number of hydrogen-bond donors (Lipinski definition) is 3. The van der Waals surface area contributed by atoms with Gasteiger partial charge in [0.15, 0.2) is 5.13 Å². The number of anilines is 3. The summed E-state index contributed by atoms with van der Waals surface area (Å²) in [6, 6.07) is 12.4. The zero-order valence-electron chi connectivity index (χ0n) is 15.1. The molecule has 8 nitrogen and oxygen atoms in total. The number of rotatable bonds is 5. The summed E-state index contributed by atoms with van der Waals surface area (Å²) in [7, 11) is 1.29. The van der Waals surface area contributed by atoms with Crippen LogP contribution in [-0.2, 0) is 4.74 Å². The molecule has 0 unspecified atom stereocenters. The van der Waals surface area contributed by atoms with Gasteiger partial charge in [-0.3, -0.25) is 10.1 Å². The number of carbonyl (C=O) groups is 3. The number of hydrogen-bond acceptors (Lipinski definition) is 6. The number of carbonyl (C=O) groups excluding carboxylic acids is 3. The number of methoxy groups -OCH3 is 1. The van der Waals surface area contributed by atoms with Gasteiger partial charge in [0.2, 0.25) is 0 Å². The fourth-order valence-electron chi connectivity index (χ4n) is 2.23. The molecule has 1 aromatic heterocycles. The molecule has 2 aromatic carbocycles. The van der Waals surface area contributed by atoms with Crippen LogP contribution in [0.4, 0.5) is 21.3 Å². The summed E-state index contributed by atoms with van der Waals surface area (Å²) in [5.74, 6) is -0.909. The first-order chi connectivity index (χ1) is 13.9. The van der Waals surface area contributed by atoms with Gasteiger partial charge in [-0.2, -0.15) is 0 Å². The van der Waals surface area contributed by atoms with E-state index in [1.165, 1.54) is 24.6 Å². The van der Waals surface area contributed by atoms with Gasteiger partial charge in [-0.1, -0.05) is 11.6 Å². The van der Waals surface area contributed by atoms with Crippen molar-refractivity contribution < 1.29 is 19.1 Å². The predicted molar refractivity (Wildman–Crippen MR) is 112 cm³/mol. The molecule has 0 aliphatic heterocycles. The number of esters is 1. The average molecular weight is 431 g/mol. The Hall–Kier alpha value is -3.43. The van der Waals surface area contributed by atoms with E-state index in [1.54, 1.807) is 36.4 Å². The van der Waals surface area contributed by atoms with Crippen LogP contribution in [0.3, 0.4) is 0 Å². The average Bonchev–Trinajstić information content (AvgIpc) is 3.18. The SMILES string of the molecule is COC(=O)c1ccc(NC(=O)c2csc(NC(=O)Nc3ccc(Cl)cc3)n2)cc1. The normalized spacial score (nSPS) is 10.1. The lowest BCUT2D eigenvalue weighted by Crippen LogP contribution is -2.19. The van der Waals surface area contributed by atoms with Gasteiger partial charge in [-0.15, -0.1) is 11.3 Å². The molecular weight excluding hydrogens is 416 g/mol. The minimum Gasteiger partial charge on any atom is -0.465 e. The molecule has 0 spiro atoms. The van der Waals surface area contributed by atoms with Crippen molar-refractivity contribution >= 4 is 57.4 Å². The third-order valence-electron chi connectivity index (χ3n) is 3.62. The molecule has 10 heteroatoms. The lowest BCUT2D eigenvalue weighted by atomic mass is 10.2. The second kappa shape index (κ2) is 9.18. The summed E-state index contributed by atoms with van der Waals surface area (Å²) in [5, 5.41) is 10.2. The molecule has 3 aromatic rings. The Morgan fingerprint density at radius 3 is 2.21 bits per heavy atom. The molecule has 3 amide bonds. The summed E-state index contributed by atoms with van der Waals surface area (Å²) < 4.78 is 4.62. The van der Waals surface area contributed by atoms with E-state index >= 15 is 0 Å². The van der Waals surface area contributed by atoms with Gasteiger partial charge in [-0.05, 0) is 48.5 Å². The summed E-state index contributed by atoms with van der Waals surface area (Å²) in [6.07, 6.45) is 0. The summed E-state index contributed by atoms with van der Waals surface area (Å²) in [5.41, 5.74) is 1.58. The van der Waals surface area contributed by atoms with Crippen LogP contribution in [0.15, 0.2) is 53.9 Å². The van der Waals surface area contributed by atoms with E-state index in [9.17, 15) is 14.4 Å². The van der Waals surface area contributed by atoms with Crippen LogP contribution in [0.1, 0.15) is 20.8 Å². The molecule has 0 radical (unpaired) electrons. The Morgan fingerprint density at radius 2 is 1.55 bits per heavy atom. The van der Waals surface area contributed by atoms with Crippen molar-refractivity contribution in [3.05, 3.63) is 70.2 Å². The van der Waals surface area contributed by atoms with Gasteiger partial charge >= 0.3 is 12.0 Å². The Kier molecular flexibility index (Phi) is 6.43. The highest BCUT2D eigenvalue weighted by Gasteiger charge is 2.13. The predicted octanol–water partition coefficient (Wildman–Crippen LogP) is 4.48. The molecular formula is C19H15ClN4O4S. The highest BCUT2D eigenvalue weighted by molar-refractivity contribution is 7.14. The number of amides is 3. The lowest BCUT2D eigenvalue weighted by molar-refractivity contribution is 0.0600. The minimum absolute atomic E-state index is 0.147. The highest BCUT2D eigenvalue weighted by atomic mass is 35.5. The van der Waals surface area contributed by atoms with Crippen LogP contribution < -0.4 is 16.0 Å². The van der Waals surface area contributed by atoms with Crippen molar-refractivity contribution in [3.63, 3.8) is 0 Å². The monoisotopic (exact) mass is 430 g/mol. The smallest absolute Gasteiger partial charge is 0.337 e. The third kappa shape index (κ3) is 5.53. The van der Waals surface area contributed by atoms with E-state index < -0.39 is 17.9 Å².